The molecule has 0 aliphatic carbocycles. The first-order chi connectivity index (χ1) is 10.7. The number of ether oxygens (including phenoxy) is 1. The average Bonchev–Trinajstić information content (AvgIpc) is 2.89. The molecule has 3 nitrogen and oxygen atoms in total. The summed E-state index contributed by atoms with van der Waals surface area (Å²) in [6.07, 6.45) is 0. The van der Waals surface area contributed by atoms with Gasteiger partial charge in [-0.05, 0) is 37.4 Å². The summed E-state index contributed by atoms with van der Waals surface area (Å²) in [5.41, 5.74) is 2.25. The van der Waals surface area contributed by atoms with E-state index in [-0.39, 0.29) is 0 Å². The Labute approximate surface area is 142 Å². The second-order valence-corrected chi connectivity index (χ2v) is 7.23. The van der Waals surface area contributed by atoms with E-state index in [1.54, 1.807) is 18.4 Å². The van der Waals surface area contributed by atoms with Crippen LogP contribution in [0.2, 0.25) is 0 Å². The van der Waals surface area contributed by atoms with E-state index in [4.69, 9.17) is 9.72 Å². The average molecular weight is 377 g/mol. The Bertz CT molecular complexity index is 754. The molecule has 0 saturated heterocycles. The number of methoxy groups -OCH3 is 1. The number of hydrogen-bond acceptors (Lipinski definition) is 4. The van der Waals surface area contributed by atoms with Crippen LogP contribution in [-0.4, -0.2) is 24.0 Å². The summed E-state index contributed by atoms with van der Waals surface area (Å²) in [5.74, 6) is 0.916. The molecule has 3 aromatic rings. The van der Waals surface area contributed by atoms with Crippen LogP contribution in [0.4, 0.5) is 0 Å². The predicted octanol–water partition coefficient (Wildman–Crippen LogP) is 4.70. The Balaban J connectivity index is 1.74. The fourth-order valence-corrected chi connectivity index (χ4v) is 3.89. The molecular formula is C17H17BrN2OS. The highest BCUT2D eigenvalue weighted by Gasteiger charge is 2.10. The fraction of sp³-hybridized carbons (Fsp3) is 0.235. The minimum absolute atomic E-state index is 0.818. The summed E-state index contributed by atoms with van der Waals surface area (Å²) in [6, 6.07) is 14.4. The molecule has 0 bridgehead atoms. The van der Waals surface area contributed by atoms with Crippen LogP contribution in [0.15, 0.2) is 46.9 Å². The maximum Gasteiger partial charge on any atom is 0.123 e. The van der Waals surface area contributed by atoms with Crippen molar-refractivity contribution in [3.8, 4) is 5.75 Å². The number of fused-ring (bicyclic) bond motifs is 1. The van der Waals surface area contributed by atoms with Gasteiger partial charge in [0.1, 0.15) is 10.8 Å². The molecular weight excluding hydrogens is 360 g/mol. The molecule has 0 amide bonds. The molecule has 0 radical (unpaired) electrons. The van der Waals surface area contributed by atoms with Gasteiger partial charge in [-0.15, -0.1) is 11.3 Å². The third-order valence-electron chi connectivity index (χ3n) is 3.43. The first kappa shape index (κ1) is 15.5. The first-order valence-electron chi connectivity index (χ1n) is 7.01. The van der Waals surface area contributed by atoms with Crippen LogP contribution < -0.4 is 4.74 Å². The molecule has 0 saturated carbocycles. The standard InChI is InChI=1S/C17H17BrN2OS/c1-20(10-12-9-13(18)7-8-15(12)21-2)11-17-19-14-5-3-4-6-16(14)22-17/h3-9H,10-11H2,1-2H3. The molecule has 114 valence electrons. The van der Waals surface area contributed by atoms with Crippen LogP contribution in [0.25, 0.3) is 10.2 Å². The van der Waals surface area contributed by atoms with Gasteiger partial charge in [0.05, 0.1) is 23.9 Å². The molecule has 0 fully saturated rings. The van der Waals surface area contributed by atoms with Crippen LogP contribution in [0.3, 0.4) is 0 Å². The predicted molar refractivity (Wildman–Crippen MR) is 95.5 cm³/mol. The highest BCUT2D eigenvalue weighted by Crippen LogP contribution is 2.26. The molecule has 0 aliphatic rings. The Morgan fingerprint density at radius 2 is 2.00 bits per heavy atom. The molecule has 0 unspecified atom stereocenters. The van der Waals surface area contributed by atoms with Gasteiger partial charge in [0, 0.05) is 16.6 Å². The zero-order valence-corrected chi connectivity index (χ0v) is 14.9. The summed E-state index contributed by atoms with van der Waals surface area (Å²) in [6.45, 7) is 1.65. The van der Waals surface area contributed by atoms with E-state index >= 15 is 0 Å². The molecule has 2 aromatic carbocycles. The van der Waals surface area contributed by atoms with Gasteiger partial charge in [0.25, 0.3) is 0 Å². The lowest BCUT2D eigenvalue weighted by Crippen LogP contribution is -2.17. The highest BCUT2D eigenvalue weighted by atomic mass is 79.9. The molecule has 1 heterocycles. The number of aromatic nitrogens is 1. The van der Waals surface area contributed by atoms with Crippen LogP contribution >= 0.6 is 27.3 Å². The smallest absolute Gasteiger partial charge is 0.123 e. The Kier molecular flexibility index (Phi) is 4.76. The number of para-hydroxylation sites is 1. The Morgan fingerprint density at radius 1 is 1.18 bits per heavy atom. The maximum atomic E-state index is 5.44. The summed E-state index contributed by atoms with van der Waals surface area (Å²) in [4.78, 5) is 6.94. The molecule has 1 aromatic heterocycles. The van der Waals surface area contributed by atoms with E-state index in [1.807, 2.05) is 18.2 Å². The van der Waals surface area contributed by atoms with E-state index in [2.05, 4.69) is 52.1 Å². The molecule has 0 spiro atoms. The second-order valence-electron chi connectivity index (χ2n) is 5.20. The fourth-order valence-electron chi connectivity index (χ4n) is 2.44. The third-order valence-corrected chi connectivity index (χ3v) is 4.94. The first-order valence-corrected chi connectivity index (χ1v) is 8.62. The lowest BCUT2D eigenvalue weighted by atomic mass is 10.2. The summed E-state index contributed by atoms with van der Waals surface area (Å²) >= 11 is 5.28. The van der Waals surface area contributed by atoms with E-state index in [0.29, 0.717) is 0 Å². The van der Waals surface area contributed by atoms with Gasteiger partial charge in [0.15, 0.2) is 0 Å². The zero-order valence-electron chi connectivity index (χ0n) is 12.5. The van der Waals surface area contributed by atoms with E-state index in [9.17, 15) is 0 Å². The van der Waals surface area contributed by atoms with Gasteiger partial charge in [-0.3, -0.25) is 4.90 Å². The van der Waals surface area contributed by atoms with Crippen molar-refractivity contribution in [2.24, 2.45) is 0 Å². The quantitative estimate of drug-likeness (QED) is 0.645. The summed E-state index contributed by atoms with van der Waals surface area (Å²) in [5, 5.41) is 1.14. The molecule has 0 aliphatic heterocycles. The van der Waals surface area contributed by atoms with Crippen molar-refractivity contribution in [2.75, 3.05) is 14.2 Å². The van der Waals surface area contributed by atoms with Crippen molar-refractivity contribution >= 4 is 37.5 Å². The van der Waals surface area contributed by atoms with Crippen molar-refractivity contribution in [3.63, 3.8) is 0 Å². The van der Waals surface area contributed by atoms with Crippen LogP contribution in [0.1, 0.15) is 10.6 Å². The van der Waals surface area contributed by atoms with Gasteiger partial charge in [0.2, 0.25) is 0 Å². The Morgan fingerprint density at radius 3 is 2.77 bits per heavy atom. The van der Waals surface area contributed by atoms with Gasteiger partial charge in [-0.1, -0.05) is 28.1 Å². The second kappa shape index (κ2) is 6.77. The van der Waals surface area contributed by atoms with Gasteiger partial charge >= 0.3 is 0 Å². The van der Waals surface area contributed by atoms with Gasteiger partial charge in [-0.25, -0.2) is 4.98 Å². The molecule has 0 atom stereocenters. The van der Waals surface area contributed by atoms with Crippen LogP contribution in [0, 0.1) is 0 Å². The maximum absolute atomic E-state index is 5.44. The van der Waals surface area contributed by atoms with Crippen molar-refractivity contribution < 1.29 is 4.74 Å². The normalized spacial score (nSPS) is 11.3. The van der Waals surface area contributed by atoms with Gasteiger partial charge in [-0.2, -0.15) is 0 Å². The molecule has 22 heavy (non-hydrogen) atoms. The largest absolute Gasteiger partial charge is 0.496 e. The monoisotopic (exact) mass is 376 g/mol. The molecule has 0 N–H and O–H groups in total. The van der Waals surface area contributed by atoms with E-state index in [0.717, 1.165) is 33.8 Å². The third kappa shape index (κ3) is 3.48. The number of nitrogens with zero attached hydrogens (tertiary/aromatic N) is 2. The summed E-state index contributed by atoms with van der Waals surface area (Å²) in [7, 11) is 3.81. The lowest BCUT2D eigenvalue weighted by Gasteiger charge is -2.17. The van der Waals surface area contributed by atoms with Crippen LogP contribution in [-0.2, 0) is 13.1 Å². The minimum atomic E-state index is 0.818. The highest BCUT2D eigenvalue weighted by molar-refractivity contribution is 9.10. The van der Waals surface area contributed by atoms with Crippen molar-refractivity contribution in [2.45, 2.75) is 13.1 Å². The van der Waals surface area contributed by atoms with E-state index < -0.39 is 0 Å². The topological polar surface area (TPSA) is 25.4 Å². The van der Waals surface area contributed by atoms with Crippen molar-refractivity contribution in [1.29, 1.82) is 0 Å². The number of halogens is 1. The van der Waals surface area contributed by atoms with Gasteiger partial charge < -0.3 is 4.74 Å². The number of rotatable bonds is 5. The zero-order chi connectivity index (χ0) is 15.5. The van der Waals surface area contributed by atoms with E-state index in [1.165, 1.54) is 10.3 Å². The Hall–Kier alpha value is -1.43. The van der Waals surface area contributed by atoms with Crippen molar-refractivity contribution in [1.82, 2.24) is 9.88 Å². The number of benzene rings is 2. The summed E-state index contributed by atoms with van der Waals surface area (Å²) < 4.78 is 7.75. The SMILES string of the molecule is COc1ccc(Br)cc1CN(C)Cc1nc2ccccc2s1. The number of thiazole rings is 1. The molecule has 3 rings (SSSR count). The lowest BCUT2D eigenvalue weighted by molar-refractivity contribution is 0.310. The molecule has 5 heteroatoms. The minimum Gasteiger partial charge on any atom is -0.496 e. The van der Waals surface area contributed by atoms with Crippen LogP contribution in [0.5, 0.6) is 5.75 Å². The number of hydrogen-bond donors (Lipinski definition) is 0. The van der Waals surface area contributed by atoms with Crippen molar-refractivity contribution in [3.05, 3.63) is 57.5 Å².